The summed E-state index contributed by atoms with van der Waals surface area (Å²) >= 11 is 16.8. The first-order chi connectivity index (χ1) is 10.5. The van der Waals surface area contributed by atoms with Crippen LogP contribution in [0.25, 0.3) is 0 Å². The van der Waals surface area contributed by atoms with Gasteiger partial charge in [-0.2, -0.15) is 0 Å². The maximum atomic E-state index is 11.9. The van der Waals surface area contributed by atoms with Crippen LogP contribution in [0.15, 0.2) is 23.1 Å². The zero-order chi connectivity index (χ0) is 17.4. The number of amides is 1. The summed E-state index contributed by atoms with van der Waals surface area (Å²) in [7, 11) is 1.60. The highest BCUT2D eigenvalue weighted by Gasteiger charge is 2.36. The Kier molecular flexibility index (Phi) is 5.63. The standard InChI is InChI=1S/C13H14Cl4N2O3S/c1-9-2-3-10(23(17,21)22)8-11(9)18-4-6-19(7-5-18)12(20)13(14,15)16/h2-3,8H,4-7H2,1H3. The van der Waals surface area contributed by atoms with E-state index in [4.69, 9.17) is 45.5 Å². The van der Waals surface area contributed by atoms with Gasteiger partial charge in [0, 0.05) is 42.5 Å². The molecule has 1 aliphatic rings. The highest BCUT2D eigenvalue weighted by atomic mass is 35.7. The van der Waals surface area contributed by atoms with Crippen molar-refractivity contribution in [2.24, 2.45) is 0 Å². The number of anilines is 1. The van der Waals surface area contributed by atoms with Crippen LogP contribution in [0, 0.1) is 6.92 Å². The van der Waals surface area contributed by atoms with E-state index in [0.717, 1.165) is 11.3 Å². The topological polar surface area (TPSA) is 57.7 Å². The molecule has 128 valence electrons. The summed E-state index contributed by atoms with van der Waals surface area (Å²) in [6.45, 7) is 3.63. The van der Waals surface area contributed by atoms with Gasteiger partial charge in [-0.1, -0.05) is 40.9 Å². The minimum Gasteiger partial charge on any atom is -0.368 e. The molecular weight excluding hydrogens is 406 g/mol. The van der Waals surface area contributed by atoms with Crippen molar-refractivity contribution in [1.29, 1.82) is 0 Å². The van der Waals surface area contributed by atoms with E-state index in [1.54, 1.807) is 6.07 Å². The van der Waals surface area contributed by atoms with Crippen LogP contribution in [0.3, 0.4) is 0 Å². The number of piperazine rings is 1. The van der Waals surface area contributed by atoms with E-state index in [-0.39, 0.29) is 4.90 Å². The molecule has 10 heteroatoms. The number of nitrogens with zero attached hydrogens (tertiary/aromatic N) is 2. The molecule has 1 heterocycles. The second kappa shape index (κ2) is 6.84. The van der Waals surface area contributed by atoms with Crippen molar-refractivity contribution < 1.29 is 13.2 Å². The van der Waals surface area contributed by atoms with Crippen molar-refractivity contribution >= 4 is 66.1 Å². The number of aryl methyl sites for hydroxylation is 1. The van der Waals surface area contributed by atoms with Crippen LogP contribution >= 0.6 is 45.5 Å². The van der Waals surface area contributed by atoms with E-state index in [0.29, 0.717) is 26.2 Å². The molecule has 0 aromatic heterocycles. The van der Waals surface area contributed by atoms with Gasteiger partial charge in [0.1, 0.15) is 0 Å². The highest BCUT2D eigenvalue weighted by Crippen LogP contribution is 2.30. The van der Waals surface area contributed by atoms with Crippen molar-refractivity contribution in [1.82, 2.24) is 4.90 Å². The molecule has 1 aliphatic heterocycles. The Morgan fingerprint density at radius 2 is 1.70 bits per heavy atom. The van der Waals surface area contributed by atoms with Crippen molar-refractivity contribution in [2.75, 3.05) is 31.1 Å². The summed E-state index contributed by atoms with van der Waals surface area (Å²) in [5.41, 5.74) is 1.67. The Hall–Kier alpha value is -0.400. The number of halogens is 4. The van der Waals surface area contributed by atoms with Crippen LogP contribution in [0.2, 0.25) is 0 Å². The van der Waals surface area contributed by atoms with E-state index >= 15 is 0 Å². The van der Waals surface area contributed by atoms with Crippen molar-refractivity contribution in [3.05, 3.63) is 23.8 Å². The lowest BCUT2D eigenvalue weighted by Gasteiger charge is -2.37. The van der Waals surface area contributed by atoms with Gasteiger partial charge in [-0.15, -0.1) is 0 Å². The van der Waals surface area contributed by atoms with Crippen LogP contribution in [0.4, 0.5) is 5.69 Å². The van der Waals surface area contributed by atoms with Crippen LogP contribution in [-0.4, -0.2) is 49.2 Å². The minimum absolute atomic E-state index is 0.0413. The molecule has 0 bridgehead atoms. The summed E-state index contributed by atoms with van der Waals surface area (Å²) in [5.74, 6) is -0.559. The molecule has 0 aliphatic carbocycles. The first kappa shape index (κ1) is 18.9. The highest BCUT2D eigenvalue weighted by molar-refractivity contribution is 8.13. The summed E-state index contributed by atoms with van der Waals surface area (Å²) in [6.07, 6.45) is 0. The zero-order valence-corrected chi connectivity index (χ0v) is 15.9. The van der Waals surface area contributed by atoms with Crippen LogP contribution in [0.5, 0.6) is 0 Å². The van der Waals surface area contributed by atoms with Gasteiger partial charge in [0.25, 0.3) is 18.8 Å². The molecule has 1 aromatic carbocycles. The number of carbonyl (C=O) groups excluding carboxylic acids is 1. The molecule has 0 radical (unpaired) electrons. The predicted molar refractivity (Wildman–Crippen MR) is 93.3 cm³/mol. The second-order valence-corrected chi connectivity index (χ2v) is 10.0. The van der Waals surface area contributed by atoms with E-state index in [1.165, 1.54) is 17.0 Å². The molecule has 0 unspecified atom stereocenters. The zero-order valence-electron chi connectivity index (χ0n) is 12.1. The minimum atomic E-state index is -3.80. The third-order valence-corrected chi connectivity index (χ3v) is 5.45. The van der Waals surface area contributed by atoms with Gasteiger partial charge in [0.15, 0.2) is 0 Å². The molecule has 2 rings (SSSR count). The number of benzene rings is 1. The third-order valence-electron chi connectivity index (χ3n) is 3.61. The first-order valence-electron chi connectivity index (χ1n) is 6.66. The average molecular weight is 420 g/mol. The Labute approximate surface area is 154 Å². The van der Waals surface area contributed by atoms with Crippen molar-refractivity contribution in [2.45, 2.75) is 15.6 Å². The Morgan fingerprint density at radius 1 is 1.13 bits per heavy atom. The van der Waals surface area contributed by atoms with Crippen LogP contribution in [0.1, 0.15) is 5.56 Å². The monoisotopic (exact) mass is 418 g/mol. The average Bonchev–Trinajstić information content (AvgIpc) is 2.45. The van der Waals surface area contributed by atoms with Crippen molar-refractivity contribution in [3.8, 4) is 0 Å². The first-order valence-corrected chi connectivity index (χ1v) is 10.1. The van der Waals surface area contributed by atoms with Gasteiger partial charge in [0.2, 0.25) is 0 Å². The van der Waals surface area contributed by atoms with Gasteiger partial charge in [-0.3, -0.25) is 4.79 Å². The van der Waals surface area contributed by atoms with E-state index < -0.39 is 18.8 Å². The molecule has 0 spiro atoms. The van der Waals surface area contributed by atoms with Gasteiger partial charge in [-0.25, -0.2) is 8.42 Å². The Morgan fingerprint density at radius 3 is 2.17 bits per heavy atom. The number of alkyl halides is 3. The molecular formula is C13H14Cl4N2O3S. The Balaban J connectivity index is 2.16. The molecule has 5 nitrogen and oxygen atoms in total. The molecule has 0 N–H and O–H groups in total. The molecule has 0 saturated carbocycles. The lowest BCUT2D eigenvalue weighted by Crippen LogP contribution is -2.51. The van der Waals surface area contributed by atoms with Crippen LogP contribution in [-0.2, 0) is 13.8 Å². The fourth-order valence-corrected chi connectivity index (χ4v) is 3.54. The number of hydrogen-bond acceptors (Lipinski definition) is 4. The normalized spacial score (nSPS) is 16.6. The quantitative estimate of drug-likeness (QED) is 0.546. The summed E-state index contributed by atoms with van der Waals surface area (Å²) in [5, 5.41) is 0. The van der Waals surface area contributed by atoms with Gasteiger partial charge < -0.3 is 9.80 Å². The van der Waals surface area contributed by atoms with Gasteiger partial charge in [0.05, 0.1) is 4.90 Å². The summed E-state index contributed by atoms with van der Waals surface area (Å²) < 4.78 is 21.0. The van der Waals surface area contributed by atoms with E-state index in [9.17, 15) is 13.2 Å². The van der Waals surface area contributed by atoms with E-state index in [2.05, 4.69) is 0 Å². The largest absolute Gasteiger partial charge is 0.368 e. The second-order valence-electron chi connectivity index (χ2n) is 5.16. The van der Waals surface area contributed by atoms with Crippen molar-refractivity contribution in [3.63, 3.8) is 0 Å². The molecule has 1 fully saturated rings. The maximum Gasteiger partial charge on any atom is 0.274 e. The SMILES string of the molecule is Cc1ccc(S(=O)(=O)Cl)cc1N1CCN(C(=O)C(Cl)(Cl)Cl)CC1. The van der Waals surface area contributed by atoms with E-state index in [1.807, 2.05) is 11.8 Å². The van der Waals surface area contributed by atoms with Gasteiger partial charge >= 0.3 is 0 Å². The Bertz CT molecular complexity index is 710. The maximum absolute atomic E-state index is 11.9. The molecule has 1 aromatic rings. The fourth-order valence-electron chi connectivity index (χ4n) is 2.41. The third kappa shape index (κ3) is 4.57. The molecule has 0 atom stereocenters. The molecule has 23 heavy (non-hydrogen) atoms. The summed E-state index contributed by atoms with van der Waals surface area (Å²) in [6, 6.07) is 4.69. The predicted octanol–water partition coefficient (Wildman–Crippen LogP) is 2.94. The summed E-state index contributed by atoms with van der Waals surface area (Å²) in [4.78, 5) is 15.4. The van der Waals surface area contributed by atoms with Crippen LogP contribution < -0.4 is 4.90 Å². The lowest BCUT2D eigenvalue weighted by atomic mass is 10.1. The smallest absolute Gasteiger partial charge is 0.274 e. The number of rotatable bonds is 2. The lowest BCUT2D eigenvalue weighted by molar-refractivity contribution is -0.130. The molecule has 1 amide bonds. The number of carbonyl (C=O) groups is 1. The molecule has 1 saturated heterocycles. The number of hydrogen-bond donors (Lipinski definition) is 0. The van der Waals surface area contributed by atoms with Gasteiger partial charge in [-0.05, 0) is 24.6 Å². The fraction of sp³-hybridized carbons (Fsp3) is 0.462.